The van der Waals surface area contributed by atoms with Gasteiger partial charge in [0.1, 0.15) is 22.1 Å². The lowest BCUT2D eigenvalue weighted by Crippen LogP contribution is -2.41. The summed E-state index contributed by atoms with van der Waals surface area (Å²) in [5.41, 5.74) is 3.24. The number of nitrogens with one attached hydrogen (secondary N) is 1. The molecule has 1 N–H and O–H groups in total. The summed E-state index contributed by atoms with van der Waals surface area (Å²) in [4.78, 5) is 48.2. The number of fused-ring (bicyclic) bond motifs is 2. The highest BCUT2D eigenvalue weighted by Crippen LogP contribution is 2.38. The van der Waals surface area contributed by atoms with Gasteiger partial charge >= 0.3 is 0 Å². The van der Waals surface area contributed by atoms with Crippen LogP contribution < -0.4 is 34.6 Å². The van der Waals surface area contributed by atoms with Crippen LogP contribution in [0.1, 0.15) is 24.1 Å². The molecule has 6 rings (SSSR count). The third-order valence-electron chi connectivity index (χ3n) is 7.29. The Balaban J connectivity index is 1.62. The van der Waals surface area contributed by atoms with Gasteiger partial charge in [-0.3, -0.25) is 19.0 Å². The van der Waals surface area contributed by atoms with E-state index in [2.05, 4.69) is 5.32 Å². The number of para-hydroxylation sites is 2. The Labute approximate surface area is 239 Å². The predicted molar refractivity (Wildman–Crippen MR) is 157 cm³/mol. The number of hydrogen-bond donors (Lipinski definition) is 1. The number of anilines is 2. The van der Waals surface area contributed by atoms with Crippen molar-refractivity contribution in [2.75, 3.05) is 31.5 Å². The maximum atomic E-state index is 14.3. The summed E-state index contributed by atoms with van der Waals surface area (Å²) in [6.45, 7) is 1.74. The van der Waals surface area contributed by atoms with E-state index in [0.717, 1.165) is 17.0 Å². The van der Waals surface area contributed by atoms with Crippen molar-refractivity contribution in [1.82, 2.24) is 4.57 Å². The maximum absolute atomic E-state index is 14.3. The van der Waals surface area contributed by atoms with E-state index in [1.807, 2.05) is 42.5 Å². The van der Waals surface area contributed by atoms with Crippen LogP contribution in [0.25, 0.3) is 5.57 Å². The number of hydrogen-bond acceptors (Lipinski definition) is 7. The standard InChI is InChI=1S/C31H26N4O5S/c1-17-24(28(36)33-18-10-6-5-7-11-18)26(21-15-14-19(39-3)16-23(21)40-4)35-30(38)27(41-31(35)32-17)25-20-12-8-9-13-22(20)34(2)29(25)37/h5-16,26H,1-4H3,(H,33,36)/b27-25-/t26-/m0/s1. The van der Waals surface area contributed by atoms with E-state index in [-0.39, 0.29) is 16.0 Å². The monoisotopic (exact) mass is 566 g/mol. The van der Waals surface area contributed by atoms with E-state index in [1.54, 1.807) is 51.4 Å². The molecule has 0 radical (unpaired) electrons. The number of carbonyl (C=O) groups excluding carboxylic acids is 2. The average Bonchev–Trinajstić information content (AvgIpc) is 3.44. The van der Waals surface area contributed by atoms with Gasteiger partial charge in [-0.15, -0.1) is 0 Å². The van der Waals surface area contributed by atoms with Gasteiger partial charge in [-0.2, -0.15) is 0 Å². The van der Waals surface area contributed by atoms with Crippen LogP contribution in [-0.2, 0) is 9.59 Å². The highest BCUT2D eigenvalue weighted by Gasteiger charge is 2.37. The van der Waals surface area contributed by atoms with Gasteiger partial charge in [0.15, 0.2) is 4.80 Å². The Morgan fingerprint density at radius 1 is 0.976 bits per heavy atom. The molecule has 0 fully saturated rings. The second-order valence-electron chi connectivity index (χ2n) is 9.59. The molecule has 0 saturated carbocycles. The molecule has 2 amide bonds. The zero-order chi connectivity index (χ0) is 28.8. The molecular formula is C31H26N4O5S. The van der Waals surface area contributed by atoms with Gasteiger partial charge in [0.05, 0.1) is 36.8 Å². The van der Waals surface area contributed by atoms with Crippen molar-refractivity contribution in [3.8, 4) is 11.5 Å². The van der Waals surface area contributed by atoms with Gasteiger partial charge in [-0.25, -0.2) is 4.99 Å². The SMILES string of the molecule is COc1ccc([C@H]2C(C(=O)Nc3ccccc3)=C(C)N=c3s/c(=C4\C(=O)N(C)c5ccccc54)c(=O)n32)c(OC)c1. The third-order valence-corrected chi connectivity index (χ3v) is 8.34. The molecule has 4 aromatic rings. The summed E-state index contributed by atoms with van der Waals surface area (Å²) in [6.07, 6.45) is 0. The third kappa shape index (κ3) is 4.23. The van der Waals surface area contributed by atoms with E-state index in [4.69, 9.17) is 14.5 Å². The molecule has 0 saturated heterocycles. The molecule has 0 unspecified atom stereocenters. The minimum atomic E-state index is -0.880. The van der Waals surface area contributed by atoms with Crippen LogP contribution in [0.2, 0.25) is 0 Å². The smallest absolute Gasteiger partial charge is 0.271 e. The Kier molecular flexibility index (Phi) is 6.55. The summed E-state index contributed by atoms with van der Waals surface area (Å²) in [5.74, 6) is 0.329. The van der Waals surface area contributed by atoms with Crippen LogP contribution >= 0.6 is 11.3 Å². The van der Waals surface area contributed by atoms with E-state index >= 15 is 0 Å². The highest BCUT2D eigenvalue weighted by atomic mass is 32.1. The van der Waals surface area contributed by atoms with Crippen molar-refractivity contribution < 1.29 is 19.1 Å². The first-order chi connectivity index (χ1) is 19.8. The number of allylic oxidation sites excluding steroid dienone is 1. The van der Waals surface area contributed by atoms with Gasteiger partial charge in [-0.05, 0) is 37.3 Å². The number of methoxy groups -OCH3 is 2. The Bertz CT molecular complexity index is 1940. The molecule has 0 bridgehead atoms. The first-order valence-electron chi connectivity index (χ1n) is 12.8. The normalized spacial score (nSPS) is 17.1. The lowest BCUT2D eigenvalue weighted by Gasteiger charge is -2.26. The predicted octanol–water partition coefficient (Wildman–Crippen LogP) is 3.24. The molecule has 0 aliphatic carbocycles. The van der Waals surface area contributed by atoms with Crippen LogP contribution in [0.4, 0.5) is 11.4 Å². The zero-order valence-electron chi connectivity index (χ0n) is 22.8. The van der Waals surface area contributed by atoms with E-state index in [1.165, 1.54) is 16.6 Å². The second-order valence-corrected chi connectivity index (χ2v) is 10.6. The average molecular weight is 567 g/mol. The van der Waals surface area contributed by atoms with Crippen molar-refractivity contribution in [1.29, 1.82) is 0 Å². The second kappa shape index (κ2) is 10.2. The number of thiazole rings is 1. The molecule has 0 spiro atoms. The van der Waals surface area contributed by atoms with Crippen LogP contribution in [0.3, 0.4) is 0 Å². The van der Waals surface area contributed by atoms with Gasteiger partial charge in [-0.1, -0.05) is 47.7 Å². The van der Waals surface area contributed by atoms with Gasteiger partial charge in [0, 0.05) is 29.9 Å². The molecule has 206 valence electrons. The van der Waals surface area contributed by atoms with Crippen LogP contribution in [-0.4, -0.2) is 37.6 Å². The van der Waals surface area contributed by atoms with Gasteiger partial charge in [0.2, 0.25) is 0 Å². The van der Waals surface area contributed by atoms with Crippen LogP contribution in [0.5, 0.6) is 11.5 Å². The largest absolute Gasteiger partial charge is 0.497 e. The lowest BCUT2D eigenvalue weighted by molar-refractivity contribution is -0.113. The molecule has 41 heavy (non-hydrogen) atoms. The topological polar surface area (TPSA) is 102 Å². The molecule has 1 atom stereocenters. The number of nitrogens with zero attached hydrogens (tertiary/aromatic N) is 3. The number of benzene rings is 3. The molecule has 9 nitrogen and oxygen atoms in total. The number of amides is 2. The van der Waals surface area contributed by atoms with Crippen LogP contribution in [0, 0.1) is 0 Å². The summed E-state index contributed by atoms with van der Waals surface area (Å²) >= 11 is 1.14. The molecule has 2 aliphatic rings. The van der Waals surface area contributed by atoms with Crippen LogP contribution in [0.15, 0.2) is 93.9 Å². The van der Waals surface area contributed by atoms with E-state index in [9.17, 15) is 14.4 Å². The first kappa shape index (κ1) is 26.3. The Morgan fingerprint density at radius 3 is 2.44 bits per heavy atom. The first-order valence-corrected chi connectivity index (χ1v) is 13.7. The van der Waals surface area contributed by atoms with E-state index < -0.39 is 17.5 Å². The van der Waals surface area contributed by atoms with Crippen molar-refractivity contribution in [2.24, 2.45) is 4.99 Å². The molecule has 10 heteroatoms. The minimum Gasteiger partial charge on any atom is -0.497 e. The fraction of sp³-hybridized carbons (Fsp3) is 0.161. The molecule has 2 aliphatic heterocycles. The zero-order valence-corrected chi connectivity index (χ0v) is 23.6. The number of likely N-dealkylation sites (N-methyl/N-ethyl adjacent to an activating group) is 1. The molecule has 3 aromatic carbocycles. The van der Waals surface area contributed by atoms with Crippen molar-refractivity contribution in [3.05, 3.63) is 115 Å². The number of rotatable bonds is 5. The van der Waals surface area contributed by atoms with Gasteiger partial charge in [0.25, 0.3) is 17.4 Å². The lowest BCUT2D eigenvalue weighted by atomic mass is 9.94. The Hall–Kier alpha value is -4.96. The highest BCUT2D eigenvalue weighted by molar-refractivity contribution is 7.07. The van der Waals surface area contributed by atoms with Crippen molar-refractivity contribution in [2.45, 2.75) is 13.0 Å². The fourth-order valence-electron chi connectivity index (χ4n) is 5.31. The van der Waals surface area contributed by atoms with Crippen molar-refractivity contribution >= 4 is 40.1 Å². The summed E-state index contributed by atoms with van der Waals surface area (Å²) in [6, 6.07) is 20.8. The summed E-state index contributed by atoms with van der Waals surface area (Å²) < 4.78 is 12.9. The maximum Gasteiger partial charge on any atom is 0.271 e. The Morgan fingerprint density at radius 2 is 1.71 bits per heavy atom. The molecule has 3 heterocycles. The fourth-order valence-corrected chi connectivity index (χ4v) is 6.45. The minimum absolute atomic E-state index is 0.264. The summed E-state index contributed by atoms with van der Waals surface area (Å²) in [5, 5.41) is 2.94. The number of ether oxygens (including phenoxy) is 2. The summed E-state index contributed by atoms with van der Waals surface area (Å²) in [7, 11) is 4.76. The molecule has 1 aromatic heterocycles. The number of carbonyl (C=O) groups is 2. The van der Waals surface area contributed by atoms with E-state index in [0.29, 0.717) is 44.4 Å². The quantitative estimate of drug-likeness (QED) is 0.400. The van der Waals surface area contributed by atoms with Crippen molar-refractivity contribution in [3.63, 3.8) is 0 Å². The van der Waals surface area contributed by atoms with Gasteiger partial charge < -0.3 is 19.7 Å². The number of aromatic nitrogens is 1. The molecular weight excluding hydrogens is 540 g/mol.